The van der Waals surface area contributed by atoms with Crippen LogP contribution in [0.3, 0.4) is 0 Å². The van der Waals surface area contributed by atoms with E-state index in [-0.39, 0.29) is 6.03 Å². The van der Waals surface area contributed by atoms with Gasteiger partial charge in [-0.2, -0.15) is 0 Å². The number of anilines is 3. The van der Waals surface area contributed by atoms with Gasteiger partial charge in [0.2, 0.25) is 0 Å². The van der Waals surface area contributed by atoms with E-state index < -0.39 is 0 Å². The van der Waals surface area contributed by atoms with Gasteiger partial charge in [-0.05, 0) is 42.0 Å². The van der Waals surface area contributed by atoms with E-state index in [1.54, 1.807) is 37.8 Å². The standard InChI is InChI=1S/C26H23N7O2/c1-35-22-7-3-6-21(15-22)31-26(34)30-20-5-2-4-19(14-20)23-17-33-13-12-28-25(33)24(32-23)29-16-18-8-10-27-11-9-18/h2-15,17H,16H2,1H3,(H,29,32)(H2,30,31,34). The second-order valence-corrected chi connectivity index (χ2v) is 7.73. The summed E-state index contributed by atoms with van der Waals surface area (Å²) in [6.45, 7) is 0.591. The summed E-state index contributed by atoms with van der Waals surface area (Å²) < 4.78 is 7.13. The van der Waals surface area contributed by atoms with Crippen LogP contribution in [0.5, 0.6) is 5.75 Å². The Morgan fingerprint density at radius 1 is 0.971 bits per heavy atom. The number of carbonyl (C=O) groups excluding carboxylic acids is 1. The quantitative estimate of drug-likeness (QED) is 0.310. The number of carbonyl (C=O) groups is 1. The van der Waals surface area contributed by atoms with Gasteiger partial charge in [-0.3, -0.25) is 4.98 Å². The minimum absolute atomic E-state index is 0.354. The molecule has 3 heterocycles. The lowest BCUT2D eigenvalue weighted by molar-refractivity contribution is 0.262. The van der Waals surface area contributed by atoms with Crippen LogP contribution in [0.25, 0.3) is 16.9 Å². The van der Waals surface area contributed by atoms with Crippen LogP contribution < -0.4 is 20.7 Å². The number of amides is 2. The molecule has 0 aliphatic heterocycles. The van der Waals surface area contributed by atoms with Crippen LogP contribution in [-0.2, 0) is 6.54 Å². The number of urea groups is 1. The Balaban J connectivity index is 1.36. The van der Waals surface area contributed by atoms with Crippen molar-refractivity contribution in [3.05, 3.63) is 97.2 Å². The molecule has 35 heavy (non-hydrogen) atoms. The number of hydrogen-bond donors (Lipinski definition) is 3. The second kappa shape index (κ2) is 9.92. The fourth-order valence-electron chi connectivity index (χ4n) is 3.63. The summed E-state index contributed by atoms with van der Waals surface area (Å²) >= 11 is 0. The summed E-state index contributed by atoms with van der Waals surface area (Å²) in [5, 5.41) is 9.06. The molecule has 3 N–H and O–H groups in total. The van der Waals surface area contributed by atoms with Crippen LogP contribution >= 0.6 is 0 Å². The number of aromatic nitrogens is 4. The lowest BCUT2D eigenvalue weighted by atomic mass is 10.1. The minimum atomic E-state index is -0.354. The summed E-state index contributed by atoms with van der Waals surface area (Å²) in [4.78, 5) is 25.8. The zero-order chi connectivity index (χ0) is 24.0. The third-order valence-electron chi connectivity index (χ3n) is 5.33. The molecule has 174 valence electrons. The Morgan fingerprint density at radius 3 is 2.54 bits per heavy atom. The molecule has 0 unspecified atom stereocenters. The van der Waals surface area contributed by atoms with Crippen molar-refractivity contribution >= 4 is 28.9 Å². The molecule has 0 atom stereocenters. The van der Waals surface area contributed by atoms with Crippen molar-refractivity contribution in [1.82, 2.24) is 19.4 Å². The molecule has 9 heteroatoms. The van der Waals surface area contributed by atoms with Gasteiger partial charge in [-0.15, -0.1) is 0 Å². The maximum Gasteiger partial charge on any atom is 0.323 e. The first-order valence-corrected chi connectivity index (χ1v) is 11.0. The number of methoxy groups -OCH3 is 1. The Morgan fingerprint density at radius 2 is 1.74 bits per heavy atom. The van der Waals surface area contributed by atoms with Crippen molar-refractivity contribution < 1.29 is 9.53 Å². The van der Waals surface area contributed by atoms with Crippen LogP contribution in [0, 0.1) is 0 Å². The van der Waals surface area contributed by atoms with Crippen LogP contribution in [0.1, 0.15) is 5.56 Å². The molecule has 0 fully saturated rings. The molecular weight excluding hydrogens is 442 g/mol. The fraction of sp³-hybridized carbons (Fsp3) is 0.0769. The van der Waals surface area contributed by atoms with Crippen molar-refractivity contribution in [1.29, 1.82) is 0 Å². The fourth-order valence-corrected chi connectivity index (χ4v) is 3.63. The zero-order valence-corrected chi connectivity index (χ0v) is 19.0. The SMILES string of the molecule is COc1cccc(NC(=O)Nc2cccc(-c3cn4ccnc4c(NCc4ccncc4)n3)c2)c1. The highest BCUT2D eigenvalue weighted by atomic mass is 16.5. The van der Waals surface area contributed by atoms with Crippen molar-refractivity contribution in [3.63, 3.8) is 0 Å². The first kappa shape index (κ1) is 21.9. The maximum absolute atomic E-state index is 12.5. The van der Waals surface area contributed by atoms with Crippen molar-refractivity contribution in [3.8, 4) is 17.0 Å². The molecule has 0 aliphatic rings. The van der Waals surface area contributed by atoms with E-state index >= 15 is 0 Å². The lowest BCUT2D eigenvalue weighted by Crippen LogP contribution is -2.19. The third kappa shape index (κ3) is 5.19. The van der Waals surface area contributed by atoms with E-state index in [0.29, 0.717) is 29.5 Å². The van der Waals surface area contributed by atoms with Gasteiger partial charge in [0, 0.05) is 60.5 Å². The topological polar surface area (TPSA) is 105 Å². The van der Waals surface area contributed by atoms with E-state index in [9.17, 15) is 4.79 Å². The van der Waals surface area contributed by atoms with Crippen LogP contribution in [-0.4, -0.2) is 32.5 Å². The maximum atomic E-state index is 12.5. The number of fused-ring (bicyclic) bond motifs is 1. The predicted molar refractivity (Wildman–Crippen MR) is 136 cm³/mol. The normalized spacial score (nSPS) is 10.7. The monoisotopic (exact) mass is 465 g/mol. The summed E-state index contributed by atoms with van der Waals surface area (Å²) in [5.41, 5.74) is 4.69. The molecule has 9 nitrogen and oxygen atoms in total. The Hall–Kier alpha value is -4.92. The van der Waals surface area contributed by atoms with Crippen molar-refractivity contribution in [2.45, 2.75) is 6.54 Å². The summed E-state index contributed by atoms with van der Waals surface area (Å²) in [6.07, 6.45) is 9.04. The number of nitrogens with zero attached hydrogens (tertiary/aromatic N) is 4. The number of benzene rings is 2. The smallest absolute Gasteiger partial charge is 0.323 e. The second-order valence-electron chi connectivity index (χ2n) is 7.73. The number of pyridine rings is 1. The summed E-state index contributed by atoms with van der Waals surface area (Å²) in [7, 11) is 1.58. The molecule has 2 aromatic carbocycles. The van der Waals surface area contributed by atoms with Crippen LogP contribution in [0.4, 0.5) is 22.0 Å². The zero-order valence-electron chi connectivity index (χ0n) is 19.0. The Kier molecular flexibility index (Phi) is 6.21. The molecule has 3 aromatic heterocycles. The number of ether oxygens (including phenoxy) is 1. The largest absolute Gasteiger partial charge is 0.497 e. The van der Waals surface area contributed by atoms with Crippen molar-refractivity contribution in [2.24, 2.45) is 0 Å². The minimum Gasteiger partial charge on any atom is -0.497 e. The first-order valence-electron chi connectivity index (χ1n) is 11.0. The Bertz CT molecular complexity index is 1470. The van der Waals surface area contributed by atoms with Gasteiger partial charge in [0.25, 0.3) is 0 Å². The van der Waals surface area contributed by atoms with Gasteiger partial charge >= 0.3 is 6.03 Å². The van der Waals surface area contributed by atoms with Crippen molar-refractivity contribution in [2.75, 3.05) is 23.1 Å². The molecule has 0 saturated heterocycles. The molecular formula is C26H23N7O2. The number of hydrogen-bond acceptors (Lipinski definition) is 6. The van der Waals surface area contributed by atoms with E-state index in [1.165, 1.54) is 0 Å². The van der Waals surface area contributed by atoms with E-state index in [0.717, 1.165) is 22.5 Å². The van der Waals surface area contributed by atoms with Gasteiger partial charge < -0.3 is 25.1 Å². The molecule has 0 aliphatic carbocycles. The molecule has 5 aromatic rings. The highest BCUT2D eigenvalue weighted by Crippen LogP contribution is 2.25. The first-order chi connectivity index (χ1) is 17.2. The van der Waals surface area contributed by atoms with Crippen LogP contribution in [0.2, 0.25) is 0 Å². The summed E-state index contributed by atoms with van der Waals surface area (Å²) in [6, 6.07) is 18.2. The van der Waals surface area contributed by atoms with E-state index in [1.807, 2.05) is 65.3 Å². The lowest BCUT2D eigenvalue weighted by Gasteiger charge is -2.12. The average molecular weight is 466 g/mol. The van der Waals surface area contributed by atoms with Gasteiger partial charge in [0.15, 0.2) is 11.5 Å². The molecule has 0 spiro atoms. The molecule has 0 bridgehead atoms. The molecule has 0 radical (unpaired) electrons. The number of imidazole rings is 1. The van der Waals surface area contributed by atoms with Gasteiger partial charge in [-0.1, -0.05) is 18.2 Å². The number of nitrogens with one attached hydrogen (secondary N) is 3. The highest BCUT2D eigenvalue weighted by molar-refractivity contribution is 6.00. The average Bonchev–Trinajstić information content (AvgIpc) is 3.37. The van der Waals surface area contributed by atoms with Crippen LogP contribution in [0.15, 0.2) is 91.6 Å². The summed E-state index contributed by atoms with van der Waals surface area (Å²) in [5.74, 6) is 1.33. The number of rotatable bonds is 7. The third-order valence-corrected chi connectivity index (χ3v) is 5.33. The molecule has 0 saturated carbocycles. The van der Waals surface area contributed by atoms with Gasteiger partial charge in [0.05, 0.1) is 12.8 Å². The van der Waals surface area contributed by atoms with Gasteiger partial charge in [-0.25, -0.2) is 14.8 Å². The van der Waals surface area contributed by atoms with E-state index in [2.05, 4.69) is 25.9 Å². The van der Waals surface area contributed by atoms with E-state index in [4.69, 9.17) is 9.72 Å². The highest BCUT2D eigenvalue weighted by Gasteiger charge is 2.11. The molecule has 5 rings (SSSR count). The van der Waals surface area contributed by atoms with Gasteiger partial charge in [0.1, 0.15) is 5.75 Å². The molecule has 2 amide bonds. The Labute approximate surface area is 201 Å². The predicted octanol–water partition coefficient (Wildman–Crippen LogP) is 5.06.